The molecule has 1 aliphatic heterocycles. The van der Waals surface area contributed by atoms with E-state index in [1.165, 1.54) is 25.9 Å². The first-order valence-corrected chi connectivity index (χ1v) is 4.67. The van der Waals surface area contributed by atoms with Gasteiger partial charge in [-0.15, -0.1) is 0 Å². The fraction of sp³-hybridized carbons (Fsp3) is 0.778. The highest BCUT2D eigenvalue weighted by atomic mass is 15.1. The molecule has 0 unspecified atom stereocenters. The van der Waals surface area contributed by atoms with Crippen molar-refractivity contribution in [3.63, 3.8) is 0 Å². The van der Waals surface area contributed by atoms with Crippen molar-refractivity contribution in [3.05, 3.63) is 11.9 Å². The third kappa shape index (κ3) is 3.62. The lowest BCUT2D eigenvalue weighted by molar-refractivity contribution is 0.342. The number of nitrogens with zero attached hydrogens (tertiary/aromatic N) is 1. The molecule has 0 bridgehead atoms. The summed E-state index contributed by atoms with van der Waals surface area (Å²) in [6.07, 6.45) is 4.60. The Morgan fingerprint density at radius 1 is 1.50 bits per heavy atom. The lowest BCUT2D eigenvalue weighted by Crippen LogP contribution is -2.28. The van der Waals surface area contributed by atoms with Crippen LogP contribution in [0.1, 0.15) is 19.8 Å². The number of hydrogen-bond donors (Lipinski definition) is 2. The Morgan fingerprint density at radius 3 is 2.75 bits per heavy atom. The van der Waals surface area contributed by atoms with E-state index < -0.39 is 0 Å². The number of nitrogens with two attached hydrogens (primary N) is 1. The number of allylic oxidation sites excluding steroid dienone is 1. The molecule has 3 nitrogen and oxygen atoms in total. The second-order valence-electron chi connectivity index (χ2n) is 3.39. The molecule has 0 aromatic heterocycles. The summed E-state index contributed by atoms with van der Waals surface area (Å²) in [6, 6.07) is 0. The van der Waals surface area contributed by atoms with E-state index in [1.54, 1.807) is 0 Å². The van der Waals surface area contributed by atoms with Gasteiger partial charge in [0.25, 0.3) is 0 Å². The molecule has 1 saturated heterocycles. The van der Waals surface area contributed by atoms with E-state index in [0.717, 1.165) is 18.8 Å². The Morgan fingerprint density at radius 2 is 2.17 bits per heavy atom. The van der Waals surface area contributed by atoms with Gasteiger partial charge in [0, 0.05) is 25.0 Å². The minimum Gasteiger partial charge on any atom is -0.401 e. The van der Waals surface area contributed by atoms with E-state index in [1.807, 2.05) is 13.1 Å². The highest BCUT2D eigenvalue weighted by Gasteiger charge is 2.09. The highest BCUT2D eigenvalue weighted by Crippen LogP contribution is 2.05. The van der Waals surface area contributed by atoms with Crippen molar-refractivity contribution < 1.29 is 0 Å². The summed E-state index contributed by atoms with van der Waals surface area (Å²) in [6.45, 7) is 6.58. The zero-order chi connectivity index (χ0) is 8.81. The molecule has 0 amide bonds. The van der Waals surface area contributed by atoms with Gasteiger partial charge >= 0.3 is 0 Å². The molecule has 0 aromatic carbocycles. The number of nitrogens with one attached hydrogen (secondary N) is 1. The van der Waals surface area contributed by atoms with E-state index in [0.29, 0.717) is 0 Å². The van der Waals surface area contributed by atoms with E-state index in [9.17, 15) is 0 Å². The number of hydrogen-bond acceptors (Lipinski definition) is 3. The first-order chi connectivity index (χ1) is 5.79. The van der Waals surface area contributed by atoms with Gasteiger partial charge in [-0.2, -0.15) is 0 Å². The van der Waals surface area contributed by atoms with Gasteiger partial charge in [-0.25, -0.2) is 0 Å². The van der Waals surface area contributed by atoms with Gasteiger partial charge in [0.15, 0.2) is 0 Å². The lowest BCUT2D eigenvalue weighted by atomic mass is 10.4. The summed E-state index contributed by atoms with van der Waals surface area (Å²) in [7, 11) is 0. The van der Waals surface area contributed by atoms with E-state index in [2.05, 4.69) is 10.2 Å². The first-order valence-electron chi connectivity index (χ1n) is 4.67. The van der Waals surface area contributed by atoms with Gasteiger partial charge in [0.05, 0.1) is 0 Å². The van der Waals surface area contributed by atoms with Crippen molar-refractivity contribution in [2.24, 2.45) is 5.73 Å². The van der Waals surface area contributed by atoms with Gasteiger partial charge in [0.1, 0.15) is 0 Å². The molecule has 0 aliphatic carbocycles. The molecule has 0 spiro atoms. The van der Waals surface area contributed by atoms with Crippen molar-refractivity contribution in [2.75, 3.05) is 26.2 Å². The summed E-state index contributed by atoms with van der Waals surface area (Å²) in [4.78, 5) is 2.48. The molecule has 0 radical (unpaired) electrons. The molecule has 1 heterocycles. The maximum absolute atomic E-state index is 5.47. The maximum atomic E-state index is 5.47. The van der Waals surface area contributed by atoms with Crippen LogP contribution in [0.3, 0.4) is 0 Å². The summed E-state index contributed by atoms with van der Waals surface area (Å²) in [5, 5.41) is 3.18. The molecule has 0 saturated carbocycles. The quantitative estimate of drug-likeness (QED) is 0.602. The predicted octanol–water partition coefficient (Wildman–Crippen LogP) is 0.492. The van der Waals surface area contributed by atoms with Crippen LogP contribution < -0.4 is 11.1 Å². The lowest BCUT2D eigenvalue weighted by Gasteiger charge is -2.13. The Labute approximate surface area is 74.6 Å². The van der Waals surface area contributed by atoms with Crippen LogP contribution in [0, 0.1) is 0 Å². The summed E-state index contributed by atoms with van der Waals surface area (Å²) in [5.74, 6) is 0. The molecular weight excluding hydrogens is 150 g/mol. The van der Waals surface area contributed by atoms with Gasteiger partial charge in [-0.3, -0.25) is 0 Å². The summed E-state index contributed by atoms with van der Waals surface area (Å²) >= 11 is 0. The molecule has 70 valence electrons. The highest BCUT2D eigenvalue weighted by molar-refractivity contribution is 4.89. The average molecular weight is 169 g/mol. The monoisotopic (exact) mass is 169 g/mol. The molecule has 1 aliphatic rings. The maximum Gasteiger partial charge on any atom is 0.0269 e. The van der Waals surface area contributed by atoms with Crippen molar-refractivity contribution in [3.8, 4) is 0 Å². The first kappa shape index (κ1) is 9.39. The summed E-state index contributed by atoms with van der Waals surface area (Å²) in [5.41, 5.74) is 6.32. The minimum absolute atomic E-state index is 0.844. The van der Waals surface area contributed by atoms with Gasteiger partial charge in [0.2, 0.25) is 0 Å². The zero-order valence-corrected chi connectivity index (χ0v) is 7.84. The van der Waals surface area contributed by atoms with Crippen molar-refractivity contribution in [2.45, 2.75) is 19.8 Å². The van der Waals surface area contributed by atoms with E-state index in [-0.39, 0.29) is 0 Å². The summed E-state index contributed by atoms with van der Waals surface area (Å²) < 4.78 is 0. The van der Waals surface area contributed by atoms with E-state index >= 15 is 0 Å². The standard InChI is InChI=1S/C9H19N3/c1-9(10)8-11-4-7-12-5-2-3-6-12/h8,11H,2-7,10H2,1H3/b9-8-. The Balaban J connectivity index is 1.98. The zero-order valence-electron chi connectivity index (χ0n) is 7.84. The van der Waals surface area contributed by atoms with Crippen LogP contribution in [0.25, 0.3) is 0 Å². The Kier molecular flexibility index (Phi) is 3.94. The molecule has 12 heavy (non-hydrogen) atoms. The van der Waals surface area contributed by atoms with E-state index in [4.69, 9.17) is 5.73 Å². The van der Waals surface area contributed by atoms with Gasteiger partial charge < -0.3 is 16.0 Å². The van der Waals surface area contributed by atoms with Crippen LogP contribution in [0.4, 0.5) is 0 Å². The van der Waals surface area contributed by atoms with Crippen LogP contribution in [-0.4, -0.2) is 31.1 Å². The third-order valence-corrected chi connectivity index (χ3v) is 2.10. The van der Waals surface area contributed by atoms with Crippen LogP contribution >= 0.6 is 0 Å². The Hall–Kier alpha value is -0.700. The third-order valence-electron chi connectivity index (χ3n) is 2.10. The van der Waals surface area contributed by atoms with Crippen molar-refractivity contribution in [1.29, 1.82) is 0 Å². The second kappa shape index (κ2) is 5.04. The molecule has 1 rings (SSSR count). The fourth-order valence-corrected chi connectivity index (χ4v) is 1.46. The van der Waals surface area contributed by atoms with Gasteiger partial charge in [-0.1, -0.05) is 0 Å². The molecule has 1 fully saturated rings. The Bertz CT molecular complexity index is 144. The minimum atomic E-state index is 0.844. The smallest absolute Gasteiger partial charge is 0.0269 e. The second-order valence-corrected chi connectivity index (χ2v) is 3.39. The molecule has 3 heteroatoms. The largest absolute Gasteiger partial charge is 0.401 e. The van der Waals surface area contributed by atoms with Crippen molar-refractivity contribution in [1.82, 2.24) is 10.2 Å². The van der Waals surface area contributed by atoms with Crippen LogP contribution in [0.2, 0.25) is 0 Å². The number of rotatable bonds is 4. The van der Waals surface area contributed by atoms with Crippen LogP contribution in [0.5, 0.6) is 0 Å². The van der Waals surface area contributed by atoms with Crippen molar-refractivity contribution >= 4 is 0 Å². The molecule has 0 aromatic rings. The fourth-order valence-electron chi connectivity index (χ4n) is 1.46. The topological polar surface area (TPSA) is 41.3 Å². The number of likely N-dealkylation sites (tertiary alicyclic amines) is 1. The predicted molar refractivity (Wildman–Crippen MR) is 51.6 cm³/mol. The van der Waals surface area contributed by atoms with Gasteiger partial charge in [-0.05, 0) is 32.9 Å². The SMILES string of the molecule is C/C(N)=C/NCCN1CCCC1. The molecule has 3 N–H and O–H groups in total. The molecule has 0 atom stereocenters. The van der Waals surface area contributed by atoms with Crippen LogP contribution in [0.15, 0.2) is 11.9 Å². The normalized spacial score (nSPS) is 19.9. The molecular formula is C9H19N3. The average Bonchev–Trinajstić information content (AvgIpc) is 2.49. The van der Waals surface area contributed by atoms with Crippen LogP contribution in [-0.2, 0) is 0 Å².